The molecule has 2 aliphatic carbocycles. The number of aromatic nitrogens is 1. The summed E-state index contributed by atoms with van der Waals surface area (Å²) in [6, 6.07) is 5.38. The summed E-state index contributed by atoms with van der Waals surface area (Å²) < 4.78 is 5.38. The quantitative estimate of drug-likeness (QED) is 0.313. The van der Waals surface area contributed by atoms with E-state index in [0.717, 1.165) is 37.5 Å². The van der Waals surface area contributed by atoms with Gasteiger partial charge in [0.25, 0.3) is 0 Å². The third kappa shape index (κ3) is 7.18. The van der Waals surface area contributed by atoms with Crippen molar-refractivity contribution in [2.45, 2.75) is 97.1 Å². The largest absolute Gasteiger partial charge is 0.356 e. The highest BCUT2D eigenvalue weighted by molar-refractivity contribution is 6.39. The van der Waals surface area contributed by atoms with Crippen molar-refractivity contribution in [1.29, 1.82) is 0 Å². The molecule has 0 radical (unpaired) electrons. The Morgan fingerprint density at radius 1 is 1.06 bits per heavy atom. The zero-order chi connectivity index (χ0) is 33.5. The smallest absolute Gasteiger partial charge is 0.243 e. The van der Waals surface area contributed by atoms with Gasteiger partial charge in [-0.3, -0.25) is 28.8 Å². The van der Waals surface area contributed by atoms with Gasteiger partial charge in [0, 0.05) is 43.2 Å². The van der Waals surface area contributed by atoms with Gasteiger partial charge in [-0.1, -0.05) is 44.5 Å². The molecule has 3 amide bonds. The van der Waals surface area contributed by atoms with Gasteiger partial charge in [-0.05, 0) is 73.8 Å². The molecule has 4 fully saturated rings. The van der Waals surface area contributed by atoms with Gasteiger partial charge in [-0.25, -0.2) is 0 Å². The molecule has 2 saturated carbocycles. The molecular formula is C36H46N4O7. The Morgan fingerprint density at radius 3 is 2.53 bits per heavy atom. The summed E-state index contributed by atoms with van der Waals surface area (Å²) in [6.45, 7) is 6.66. The number of Topliss-reactive ketones (excluding diaryl/α,β-unsaturated/α-hetero) is 3. The molecular weight excluding hydrogens is 600 g/mol. The molecule has 47 heavy (non-hydrogen) atoms. The molecule has 2 aliphatic heterocycles. The normalized spacial score (nSPS) is 25.3. The minimum Gasteiger partial charge on any atom is -0.356 e. The lowest BCUT2D eigenvalue weighted by Gasteiger charge is -2.36. The molecule has 2 saturated heterocycles. The Kier molecular flexibility index (Phi) is 9.36. The number of hydrogen-bond acceptors (Lipinski definition) is 8. The van der Waals surface area contributed by atoms with E-state index >= 15 is 0 Å². The molecule has 11 nitrogen and oxygen atoms in total. The maximum Gasteiger partial charge on any atom is 0.243 e. The standard InChI is InChI=1S/C36H46N4O7/c1-36(2,3)26(17-23(41)18-27-25-8-4-5-10-30(25)47-39-27)35(46)40-19-22-7-6-9-24(22)31(40)34(45)38-28(16-21-13-14-37-33(21)44)32(43)29(42)15-20-11-12-20/h4-5,8,10,20-22,24,26,28,31H,6-7,9,11-19H2,1-3H3,(H,37,44)(H,38,45)/t21?,22-,24-,26+,28-,31-/m0/s1. The van der Waals surface area contributed by atoms with Crippen molar-refractivity contribution in [3.8, 4) is 0 Å². The molecule has 4 aliphatic rings. The Labute approximate surface area is 274 Å². The lowest BCUT2D eigenvalue weighted by Crippen LogP contribution is -2.55. The van der Waals surface area contributed by atoms with Crippen molar-refractivity contribution >= 4 is 46.0 Å². The van der Waals surface area contributed by atoms with E-state index in [1.54, 1.807) is 11.0 Å². The van der Waals surface area contributed by atoms with E-state index in [0.29, 0.717) is 30.8 Å². The summed E-state index contributed by atoms with van der Waals surface area (Å²) in [5, 5.41) is 10.5. The molecule has 2 aromatic rings. The van der Waals surface area contributed by atoms with Crippen LogP contribution in [0.4, 0.5) is 0 Å². The van der Waals surface area contributed by atoms with Crippen LogP contribution in [-0.4, -0.2) is 70.3 Å². The highest BCUT2D eigenvalue weighted by atomic mass is 16.5. The maximum atomic E-state index is 14.5. The monoisotopic (exact) mass is 646 g/mol. The summed E-state index contributed by atoms with van der Waals surface area (Å²) in [6.07, 6.45) is 5.18. The van der Waals surface area contributed by atoms with Crippen LogP contribution in [0.2, 0.25) is 0 Å². The van der Waals surface area contributed by atoms with Gasteiger partial charge in [0.2, 0.25) is 29.3 Å². The van der Waals surface area contributed by atoms with Gasteiger partial charge in [0.1, 0.15) is 11.8 Å². The molecule has 0 spiro atoms. The Morgan fingerprint density at radius 2 is 1.83 bits per heavy atom. The number of nitrogens with one attached hydrogen (secondary N) is 2. The molecule has 0 bridgehead atoms. The second kappa shape index (κ2) is 13.3. The molecule has 6 rings (SSSR count). The van der Waals surface area contributed by atoms with Crippen molar-refractivity contribution < 1.29 is 33.3 Å². The number of carbonyl (C=O) groups excluding carboxylic acids is 6. The first-order chi connectivity index (χ1) is 22.4. The molecule has 1 unspecified atom stereocenters. The average molecular weight is 647 g/mol. The zero-order valence-corrected chi connectivity index (χ0v) is 27.6. The van der Waals surface area contributed by atoms with E-state index < -0.39 is 46.8 Å². The number of fused-ring (bicyclic) bond motifs is 2. The maximum absolute atomic E-state index is 14.5. The molecule has 1 aromatic heterocycles. The van der Waals surface area contributed by atoms with Gasteiger partial charge in [-0.15, -0.1) is 0 Å². The molecule has 6 atom stereocenters. The fourth-order valence-electron chi connectivity index (χ4n) is 7.91. The van der Waals surface area contributed by atoms with E-state index in [4.69, 9.17) is 4.52 Å². The number of likely N-dealkylation sites (tertiary alicyclic amines) is 1. The number of carbonyl (C=O) groups is 6. The first kappa shape index (κ1) is 33.0. The summed E-state index contributed by atoms with van der Waals surface area (Å²) in [5.74, 6) is -3.13. The van der Waals surface area contributed by atoms with E-state index in [2.05, 4.69) is 15.8 Å². The summed E-state index contributed by atoms with van der Waals surface area (Å²) in [7, 11) is 0. The minimum absolute atomic E-state index is 0.0166. The number of ketones is 3. The number of rotatable bonds is 13. The van der Waals surface area contributed by atoms with Gasteiger partial charge < -0.3 is 20.1 Å². The van der Waals surface area contributed by atoms with Crippen LogP contribution in [0.5, 0.6) is 0 Å². The summed E-state index contributed by atoms with van der Waals surface area (Å²) in [5.41, 5.74) is 0.540. The van der Waals surface area contributed by atoms with Crippen LogP contribution in [0, 0.1) is 35.0 Å². The number of amides is 3. The van der Waals surface area contributed by atoms with E-state index in [1.165, 1.54) is 0 Å². The Bertz CT molecular complexity index is 1570. The third-order valence-electron chi connectivity index (χ3n) is 10.8. The van der Waals surface area contributed by atoms with Gasteiger partial charge >= 0.3 is 0 Å². The third-order valence-corrected chi connectivity index (χ3v) is 10.8. The van der Waals surface area contributed by atoms with Crippen molar-refractivity contribution in [2.75, 3.05) is 13.1 Å². The van der Waals surface area contributed by atoms with E-state index in [9.17, 15) is 28.8 Å². The second-order valence-electron chi connectivity index (χ2n) is 15.3. The molecule has 11 heteroatoms. The highest BCUT2D eigenvalue weighted by Crippen LogP contribution is 2.44. The van der Waals surface area contributed by atoms with Crippen LogP contribution in [0.1, 0.15) is 84.3 Å². The zero-order valence-electron chi connectivity index (χ0n) is 27.6. The second-order valence-corrected chi connectivity index (χ2v) is 15.3. The van der Waals surface area contributed by atoms with Crippen LogP contribution in [0.15, 0.2) is 28.8 Å². The predicted octanol–water partition coefficient (Wildman–Crippen LogP) is 3.57. The average Bonchev–Trinajstić information content (AvgIpc) is 3.33. The highest BCUT2D eigenvalue weighted by Gasteiger charge is 2.52. The van der Waals surface area contributed by atoms with Crippen molar-refractivity contribution in [3.05, 3.63) is 30.0 Å². The van der Waals surface area contributed by atoms with Gasteiger partial charge in [0.05, 0.1) is 18.2 Å². The number of para-hydroxylation sites is 1. The molecule has 252 valence electrons. The molecule has 3 heterocycles. The summed E-state index contributed by atoms with van der Waals surface area (Å²) in [4.78, 5) is 82.6. The van der Waals surface area contributed by atoms with Crippen LogP contribution in [-0.2, 0) is 35.2 Å². The van der Waals surface area contributed by atoms with Crippen molar-refractivity contribution in [3.63, 3.8) is 0 Å². The fourth-order valence-corrected chi connectivity index (χ4v) is 7.91. The van der Waals surface area contributed by atoms with Crippen molar-refractivity contribution in [2.24, 2.45) is 35.0 Å². The van der Waals surface area contributed by atoms with Gasteiger partial charge in [0.15, 0.2) is 5.58 Å². The van der Waals surface area contributed by atoms with Crippen LogP contribution >= 0.6 is 0 Å². The lowest BCUT2D eigenvalue weighted by atomic mass is 9.76. The fraction of sp³-hybridized carbons (Fsp3) is 0.639. The number of nitrogens with zero attached hydrogens (tertiary/aromatic N) is 2. The van der Waals surface area contributed by atoms with Crippen LogP contribution in [0.3, 0.4) is 0 Å². The molecule has 1 aromatic carbocycles. The van der Waals surface area contributed by atoms with Crippen LogP contribution in [0.25, 0.3) is 11.0 Å². The van der Waals surface area contributed by atoms with E-state index in [1.807, 2.05) is 39.0 Å². The molecule has 2 N–H and O–H groups in total. The predicted molar refractivity (Wildman–Crippen MR) is 172 cm³/mol. The van der Waals surface area contributed by atoms with E-state index in [-0.39, 0.29) is 61.0 Å². The Hall–Kier alpha value is -3.89. The topological polar surface area (TPSA) is 156 Å². The SMILES string of the molecule is CC(C)(C)[C@H](CC(=O)Cc1noc2ccccc12)C(=O)N1C[C@@H]2CCC[C@@H]2[C@H]1C(=O)N[C@@H](CC1CCNC1=O)C(=O)C(=O)CC1CC1. The summed E-state index contributed by atoms with van der Waals surface area (Å²) >= 11 is 0. The Balaban J connectivity index is 1.21. The first-order valence-corrected chi connectivity index (χ1v) is 17.2. The van der Waals surface area contributed by atoms with Crippen molar-refractivity contribution in [1.82, 2.24) is 20.7 Å². The van der Waals surface area contributed by atoms with Crippen LogP contribution < -0.4 is 10.6 Å². The number of benzene rings is 1. The minimum atomic E-state index is -1.13. The first-order valence-electron chi connectivity index (χ1n) is 17.2. The van der Waals surface area contributed by atoms with Gasteiger partial charge in [-0.2, -0.15) is 0 Å². The number of hydrogen-bond donors (Lipinski definition) is 2. The lowest BCUT2D eigenvalue weighted by molar-refractivity contribution is -0.147.